The zero-order valence-electron chi connectivity index (χ0n) is 12.4. The Morgan fingerprint density at radius 2 is 1.95 bits per heavy atom. The van der Waals surface area contributed by atoms with Crippen LogP contribution < -0.4 is 5.32 Å². The number of hydrogen-bond acceptors (Lipinski definition) is 4. The molecule has 0 amide bonds. The van der Waals surface area contributed by atoms with E-state index < -0.39 is 10.0 Å². The SMILES string of the molecule is COCC1CCN(S(=O)(=O)CCCNC(C)C)CC1. The molecule has 0 aromatic carbocycles. The highest BCUT2D eigenvalue weighted by atomic mass is 32.2. The molecule has 5 nitrogen and oxygen atoms in total. The smallest absolute Gasteiger partial charge is 0.214 e. The van der Waals surface area contributed by atoms with Crippen molar-refractivity contribution in [2.75, 3.05) is 39.1 Å². The Balaban J connectivity index is 2.30. The molecule has 1 saturated heterocycles. The molecule has 0 aromatic heterocycles. The van der Waals surface area contributed by atoms with Crippen LogP contribution in [0.2, 0.25) is 0 Å². The average molecular weight is 292 g/mol. The quantitative estimate of drug-likeness (QED) is 0.680. The maximum Gasteiger partial charge on any atom is 0.214 e. The molecule has 1 aliphatic rings. The van der Waals surface area contributed by atoms with Crippen LogP contribution in [0.15, 0.2) is 0 Å². The minimum atomic E-state index is -3.07. The second-order valence-electron chi connectivity index (χ2n) is 5.58. The van der Waals surface area contributed by atoms with E-state index in [1.54, 1.807) is 11.4 Å². The fourth-order valence-electron chi connectivity index (χ4n) is 2.36. The normalized spacial score (nSPS) is 19.2. The third kappa shape index (κ3) is 6.21. The molecule has 1 fully saturated rings. The highest BCUT2D eigenvalue weighted by molar-refractivity contribution is 7.89. The van der Waals surface area contributed by atoms with E-state index in [9.17, 15) is 8.42 Å². The molecular formula is C13H28N2O3S. The molecule has 19 heavy (non-hydrogen) atoms. The summed E-state index contributed by atoms with van der Waals surface area (Å²) in [4.78, 5) is 0. The van der Waals surface area contributed by atoms with E-state index in [2.05, 4.69) is 19.2 Å². The van der Waals surface area contributed by atoms with Crippen LogP contribution in [0.1, 0.15) is 33.1 Å². The maximum atomic E-state index is 12.2. The van der Waals surface area contributed by atoms with Gasteiger partial charge < -0.3 is 10.1 Å². The first-order valence-corrected chi connectivity index (χ1v) is 8.76. The van der Waals surface area contributed by atoms with Crippen molar-refractivity contribution >= 4 is 10.0 Å². The van der Waals surface area contributed by atoms with Gasteiger partial charge in [0, 0.05) is 32.8 Å². The van der Waals surface area contributed by atoms with Crippen molar-refractivity contribution < 1.29 is 13.2 Å². The Kier molecular flexibility index (Phi) is 7.28. The minimum Gasteiger partial charge on any atom is -0.384 e. The number of ether oxygens (including phenoxy) is 1. The molecule has 1 heterocycles. The van der Waals surface area contributed by atoms with E-state index in [0.29, 0.717) is 31.5 Å². The number of methoxy groups -OCH3 is 1. The van der Waals surface area contributed by atoms with E-state index in [-0.39, 0.29) is 5.75 Å². The van der Waals surface area contributed by atoms with Crippen molar-refractivity contribution in [3.63, 3.8) is 0 Å². The Hall–Kier alpha value is -0.170. The molecule has 0 aromatic rings. The van der Waals surface area contributed by atoms with Gasteiger partial charge in [-0.2, -0.15) is 0 Å². The summed E-state index contributed by atoms with van der Waals surface area (Å²) in [6.45, 7) is 6.93. The van der Waals surface area contributed by atoms with Crippen molar-refractivity contribution in [3.8, 4) is 0 Å². The van der Waals surface area contributed by atoms with Gasteiger partial charge in [0.25, 0.3) is 0 Å². The van der Waals surface area contributed by atoms with Gasteiger partial charge in [0.05, 0.1) is 5.75 Å². The maximum absolute atomic E-state index is 12.2. The zero-order chi connectivity index (χ0) is 14.3. The van der Waals surface area contributed by atoms with Gasteiger partial charge in [-0.3, -0.25) is 0 Å². The highest BCUT2D eigenvalue weighted by Crippen LogP contribution is 2.20. The van der Waals surface area contributed by atoms with Crippen molar-refractivity contribution in [3.05, 3.63) is 0 Å². The first-order valence-electron chi connectivity index (χ1n) is 7.16. The van der Waals surface area contributed by atoms with Gasteiger partial charge in [0.15, 0.2) is 0 Å². The van der Waals surface area contributed by atoms with Gasteiger partial charge in [-0.15, -0.1) is 0 Å². The molecule has 1 aliphatic heterocycles. The topological polar surface area (TPSA) is 58.6 Å². The van der Waals surface area contributed by atoms with Crippen molar-refractivity contribution in [1.29, 1.82) is 0 Å². The van der Waals surface area contributed by atoms with Gasteiger partial charge >= 0.3 is 0 Å². The van der Waals surface area contributed by atoms with Gasteiger partial charge in [0.1, 0.15) is 0 Å². The second-order valence-corrected chi connectivity index (χ2v) is 7.66. The molecule has 0 spiro atoms. The number of nitrogens with zero attached hydrogens (tertiary/aromatic N) is 1. The molecule has 0 radical (unpaired) electrons. The molecule has 114 valence electrons. The highest BCUT2D eigenvalue weighted by Gasteiger charge is 2.27. The van der Waals surface area contributed by atoms with E-state index in [0.717, 1.165) is 26.0 Å². The fourth-order valence-corrected chi connectivity index (χ4v) is 3.90. The number of hydrogen-bond donors (Lipinski definition) is 1. The molecule has 0 saturated carbocycles. The molecule has 6 heteroatoms. The van der Waals surface area contributed by atoms with Crippen LogP contribution >= 0.6 is 0 Å². The van der Waals surface area contributed by atoms with Gasteiger partial charge in [-0.1, -0.05) is 13.8 Å². The predicted molar refractivity (Wildman–Crippen MR) is 77.7 cm³/mol. The Bertz CT molecular complexity index is 336. The first-order chi connectivity index (χ1) is 8.95. The number of nitrogens with one attached hydrogen (secondary N) is 1. The summed E-state index contributed by atoms with van der Waals surface area (Å²) in [6.07, 6.45) is 2.51. The van der Waals surface area contributed by atoms with Crippen LogP contribution in [0, 0.1) is 5.92 Å². The summed E-state index contributed by atoms with van der Waals surface area (Å²) in [6, 6.07) is 0.410. The first kappa shape index (κ1) is 16.9. The van der Waals surface area contributed by atoms with Crippen LogP contribution in [0.5, 0.6) is 0 Å². The van der Waals surface area contributed by atoms with Crippen molar-refractivity contribution in [2.24, 2.45) is 5.92 Å². The molecule has 0 atom stereocenters. The summed E-state index contributed by atoms with van der Waals surface area (Å²) >= 11 is 0. The Morgan fingerprint density at radius 3 is 2.47 bits per heavy atom. The molecule has 1 rings (SSSR count). The van der Waals surface area contributed by atoms with E-state index in [4.69, 9.17) is 4.74 Å². The van der Waals surface area contributed by atoms with Gasteiger partial charge in [-0.05, 0) is 31.7 Å². The van der Waals surface area contributed by atoms with E-state index in [1.807, 2.05) is 0 Å². The Morgan fingerprint density at radius 1 is 1.32 bits per heavy atom. The Labute approximate surface area is 117 Å². The molecule has 1 N–H and O–H groups in total. The molecular weight excluding hydrogens is 264 g/mol. The lowest BCUT2D eigenvalue weighted by atomic mass is 9.99. The summed E-state index contributed by atoms with van der Waals surface area (Å²) < 4.78 is 31.1. The van der Waals surface area contributed by atoms with Crippen LogP contribution in [0.25, 0.3) is 0 Å². The monoisotopic (exact) mass is 292 g/mol. The van der Waals surface area contributed by atoms with Gasteiger partial charge in [-0.25, -0.2) is 12.7 Å². The summed E-state index contributed by atoms with van der Waals surface area (Å²) in [5.74, 6) is 0.765. The van der Waals surface area contributed by atoms with Crippen LogP contribution in [0.4, 0.5) is 0 Å². The fraction of sp³-hybridized carbons (Fsp3) is 1.00. The average Bonchev–Trinajstić information content (AvgIpc) is 2.36. The predicted octanol–water partition coefficient (Wildman–Crippen LogP) is 1.06. The molecule has 0 aliphatic carbocycles. The van der Waals surface area contributed by atoms with Gasteiger partial charge in [0.2, 0.25) is 10.0 Å². The number of rotatable bonds is 8. The standard InChI is InChI=1S/C13H28N2O3S/c1-12(2)14-7-4-10-19(16,17)15-8-5-13(6-9-15)11-18-3/h12-14H,4-11H2,1-3H3. The second kappa shape index (κ2) is 8.19. The lowest BCUT2D eigenvalue weighted by molar-refractivity contribution is 0.121. The van der Waals surface area contributed by atoms with E-state index >= 15 is 0 Å². The third-order valence-electron chi connectivity index (χ3n) is 3.50. The summed E-state index contributed by atoms with van der Waals surface area (Å²) in [5.41, 5.74) is 0. The van der Waals surface area contributed by atoms with Crippen LogP contribution in [-0.2, 0) is 14.8 Å². The van der Waals surface area contributed by atoms with Crippen molar-refractivity contribution in [1.82, 2.24) is 9.62 Å². The largest absolute Gasteiger partial charge is 0.384 e. The lowest BCUT2D eigenvalue weighted by Gasteiger charge is -2.30. The summed E-state index contributed by atoms with van der Waals surface area (Å²) in [7, 11) is -1.37. The number of sulfonamides is 1. The van der Waals surface area contributed by atoms with E-state index in [1.165, 1.54) is 0 Å². The third-order valence-corrected chi connectivity index (χ3v) is 5.46. The molecule has 0 bridgehead atoms. The van der Waals surface area contributed by atoms with Crippen LogP contribution in [0.3, 0.4) is 0 Å². The zero-order valence-corrected chi connectivity index (χ0v) is 13.2. The summed E-state index contributed by atoms with van der Waals surface area (Å²) in [5, 5.41) is 3.25. The molecule has 0 unspecified atom stereocenters. The van der Waals surface area contributed by atoms with Crippen molar-refractivity contribution in [2.45, 2.75) is 39.2 Å². The minimum absolute atomic E-state index is 0.252. The van der Waals surface area contributed by atoms with Crippen LogP contribution in [-0.4, -0.2) is 57.9 Å². The lowest BCUT2D eigenvalue weighted by Crippen LogP contribution is -2.41. The number of piperidine rings is 1.